The third-order valence-electron chi connectivity index (χ3n) is 6.35. The number of hydrogen-bond donors (Lipinski definition) is 1. The number of ether oxygens (including phenoxy) is 2. The highest BCUT2D eigenvalue weighted by molar-refractivity contribution is 8.03. The third kappa shape index (κ3) is 4.05. The van der Waals surface area contributed by atoms with Crippen molar-refractivity contribution < 1.29 is 29.0 Å². The van der Waals surface area contributed by atoms with Gasteiger partial charge in [0.05, 0.1) is 18.1 Å². The van der Waals surface area contributed by atoms with Gasteiger partial charge in [0.25, 0.3) is 0 Å². The average molecular weight is 464 g/mol. The Morgan fingerprint density at radius 1 is 1.38 bits per heavy atom. The minimum absolute atomic E-state index is 0.111. The Morgan fingerprint density at radius 3 is 2.84 bits per heavy atom. The second kappa shape index (κ2) is 9.27. The number of aliphatic hydroxyl groups is 1. The number of imidazole rings is 1. The van der Waals surface area contributed by atoms with Gasteiger partial charge in [-0.2, -0.15) is 0 Å². The number of esters is 2. The van der Waals surface area contributed by atoms with Crippen LogP contribution in [0.2, 0.25) is 0 Å². The summed E-state index contributed by atoms with van der Waals surface area (Å²) in [5, 5.41) is 10.3. The van der Waals surface area contributed by atoms with Crippen molar-refractivity contribution in [1.29, 1.82) is 0 Å². The second-order valence-corrected chi connectivity index (χ2v) is 9.92. The van der Waals surface area contributed by atoms with E-state index in [2.05, 4.69) is 9.55 Å². The molecular formula is C22H29N3O6S. The average Bonchev–Trinajstić information content (AvgIpc) is 3.39. The molecule has 0 saturated carbocycles. The lowest BCUT2D eigenvalue weighted by Gasteiger charge is -2.46. The Kier molecular flexibility index (Phi) is 6.62. The minimum Gasteiger partial charge on any atom is -0.428 e. The van der Waals surface area contributed by atoms with Crippen molar-refractivity contribution >= 4 is 29.6 Å². The summed E-state index contributed by atoms with van der Waals surface area (Å²) >= 11 is 1.57. The van der Waals surface area contributed by atoms with E-state index in [1.54, 1.807) is 24.9 Å². The van der Waals surface area contributed by atoms with E-state index in [9.17, 15) is 19.5 Å². The number of carbonyl (C=O) groups excluding carboxylic acids is 3. The molecule has 0 aliphatic carbocycles. The molecule has 3 aliphatic heterocycles. The van der Waals surface area contributed by atoms with Crippen LogP contribution in [0.3, 0.4) is 0 Å². The molecule has 1 aromatic rings. The smallest absolute Gasteiger partial charge is 0.358 e. The number of rotatable bonds is 9. The Morgan fingerprint density at radius 2 is 2.16 bits per heavy atom. The van der Waals surface area contributed by atoms with Crippen molar-refractivity contribution in [3.05, 3.63) is 28.8 Å². The van der Waals surface area contributed by atoms with Crippen LogP contribution in [-0.4, -0.2) is 61.6 Å². The summed E-state index contributed by atoms with van der Waals surface area (Å²) in [7, 11) is 0. The van der Waals surface area contributed by atoms with Gasteiger partial charge in [-0.15, -0.1) is 11.8 Å². The van der Waals surface area contributed by atoms with E-state index in [1.807, 2.05) is 20.0 Å². The normalized spacial score (nSPS) is 27.1. The van der Waals surface area contributed by atoms with E-state index >= 15 is 0 Å². The van der Waals surface area contributed by atoms with Crippen molar-refractivity contribution in [3.8, 4) is 0 Å². The molecule has 0 bridgehead atoms. The zero-order valence-corrected chi connectivity index (χ0v) is 19.3. The molecule has 10 heteroatoms. The van der Waals surface area contributed by atoms with Crippen molar-refractivity contribution in [2.24, 2.45) is 11.8 Å². The Hall–Kier alpha value is -2.33. The molecule has 0 radical (unpaired) electrons. The van der Waals surface area contributed by atoms with Crippen LogP contribution < -0.4 is 0 Å². The van der Waals surface area contributed by atoms with E-state index in [0.29, 0.717) is 6.42 Å². The highest BCUT2D eigenvalue weighted by atomic mass is 32.2. The van der Waals surface area contributed by atoms with Crippen LogP contribution in [0.15, 0.2) is 23.0 Å². The number of unbranched alkanes of at least 4 members (excludes halogenated alkanes) is 1. The van der Waals surface area contributed by atoms with Crippen LogP contribution in [0.25, 0.3) is 0 Å². The van der Waals surface area contributed by atoms with Crippen LogP contribution in [0.5, 0.6) is 0 Å². The molecule has 5 atom stereocenters. The number of amides is 1. The lowest BCUT2D eigenvalue weighted by molar-refractivity contribution is -0.172. The van der Waals surface area contributed by atoms with Crippen LogP contribution in [0.4, 0.5) is 0 Å². The van der Waals surface area contributed by atoms with Gasteiger partial charge < -0.3 is 24.0 Å². The summed E-state index contributed by atoms with van der Waals surface area (Å²) in [5.74, 6) is -1.04. The molecule has 4 heterocycles. The number of aliphatic hydroxyl groups excluding tert-OH is 1. The first-order chi connectivity index (χ1) is 15.3. The van der Waals surface area contributed by atoms with Crippen LogP contribution in [0, 0.1) is 11.8 Å². The van der Waals surface area contributed by atoms with E-state index in [-0.39, 0.29) is 35.2 Å². The van der Waals surface area contributed by atoms with Gasteiger partial charge in [0, 0.05) is 47.9 Å². The lowest BCUT2D eigenvalue weighted by Crippen LogP contribution is -2.63. The first kappa shape index (κ1) is 22.8. The fraction of sp³-hybridized carbons (Fsp3) is 0.636. The quantitative estimate of drug-likeness (QED) is 0.336. The predicted molar refractivity (Wildman–Crippen MR) is 116 cm³/mol. The van der Waals surface area contributed by atoms with Gasteiger partial charge in [0.2, 0.25) is 12.7 Å². The molecule has 1 amide bonds. The molecule has 1 saturated heterocycles. The number of hydrogen-bond acceptors (Lipinski definition) is 8. The van der Waals surface area contributed by atoms with Crippen LogP contribution in [-0.2, 0) is 36.8 Å². The maximum Gasteiger partial charge on any atom is 0.358 e. The van der Waals surface area contributed by atoms with Crippen molar-refractivity contribution in [1.82, 2.24) is 14.5 Å². The molecular weight excluding hydrogens is 434 g/mol. The van der Waals surface area contributed by atoms with Crippen LogP contribution in [0.1, 0.15) is 45.9 Å². The number of nitrogens with zero attached hydrogens (tertiary/aromatic N) is 3. The summed E-state index contributed by atoms with van der Waals surface area (Å²) in [4.78, 5) is 44.1. The van der Waals surface area contributed by atoms with E-state index < -0.39 is 30.8 Å². The number of β-lactam (4-membered cyclic amide) rings is 1. The van der Waals surface area contributed by atoms with Gasteiger partial charge in [-0.05, 0) is 13.3 Å². The summed E-state index contributed by atoms with van der Waals surface area (Å²) in [6.45, 7) is 5.83. The second-order valence-electron chi connectivity index (χ2n) is 8.58. The number of fused-ring (bicyclic) bond motifs is 2. The van der Waals surface area contributed by atoms with Gasteiger partial charge in [-0.3, -0.25) is 9.59 Å². The molecule has 3 aliphatic rings. The first-order valence-electron chi connectivity index (χ1n) is 11.1. The summed E-state index contributed by atoms with van der Waals surface area (Å²) < 4.78 is 12.3. The van der Waals surface area contributed by atoms with E-state index in [1.165, 1.54) is 4.90 Å². The highest BCUT2D eigenvalue weighted by Gasteiger charge is 2.60. The summed E-state index contributed by atoms with van der Waals surface area (Å²) in [5.41, 5.74) is 0.212. The highest BCUT2D eigenvalue weighted by Crippen LogP contribution is 2.52. The maximum absolute atomic E-state index is 13.0. The van der Waals surface area contributed by atoms with E-state index in [4.69, 9.17) is 9.47 Å². The van der Waals surface area contributed by atoms with Crippen molar-refractivity contribution in [2.45, 2.75) is 70.4 Å². The topological polar surface area (TPSA) is 111 Å². The Bertz CT molecular complexity index is 921. The summed E-state index contributed by atoms with van der Waals surface area (Å²) in [6.07, 6.45) is 5.52. The monoisotopic (exact) mass is 463 g/mol. The van der Waals surface area contributed by atoms with Gasteiger partial charge >= 0.3 is 11.9 Å². The molecule has 4 rings (SSSR count). The predicted octanol–water partition coefficient (Wildman–Crippen LogP) is 1.84. The third-order valence-corrected chi connectivity index (χ3v) is 7.82. The van der Waals surface area contributed by atoms with Gasteiger partial charge in [0.1, 0.15) is 11.5 Å². The molecule has 0 spiro atoms. The van der Waals surface area contributed by atoms with Gasteiger partial charge in [-0.1, -0.05) is 20.3 Å². The standard InChI is InChI=1S/C22H29N3O6S/c1-4-5-6-16(27)30-11-31-22(29)19-20(32-14-9-15-23-7-8-24(15)10-14)12(2)18-17(13(3)26)21(28)25(18)19/h7-8,12-14,17-18,26H,4-6,9-11H2,1-3H3/t12?,13?,14-,17?,18+/m0/s1. The van der Waals surface area contributed by atoms with Gasteiger partial charge in [0.15, 0.2) is 0 Å². The maximum atomic E-state index is 13.0. The zero-order chi connectivity index (χ0) is 23.0. The SMILES string of the molecule is CCCCC(=O)OCOC(=O)C1=C(S[C@H]2Cc3nccn3C2)C(C)[C@@H]2C(C(C)O)C(=O)N12. The fourth-order valence-corrected chi connectivity index (χ4v) is 6.20. The fourth-order valence-electron chi connectivity index (χ4n) is 4.72. The molecule has 174 valence electrons. The lowest BCUT2D eigenvalue weighted by atomic mass is 9.79. The number of thioether (sulfide) groups is 1. The van der Waals surface area contributed by atoms with Gasteiger partial charge in [-0.25, -0.2) is 9.78 Å². The molecule has 3 unspecified atom stereocenters. The molecule has 1 fully saturated rings. The Labute approximate surface area is 191 Å². The molecule has 32 heavy (non-hydrogen) atoms. The summed E-state index contributed by atoms with van der Waals surface area (Å²) in [6, 6.07) is -0.280. The number of carbonyl (C=O) groups is 3. The zero-order valence-electron chi connectivity index (χ0n) is 18.5. The molecule has 1 aromatic heterocycles. The van der Waals surface area contributed by atoms with Crippen molar-refractivity contribution in [3.63, 3.8) is 0 Å². The Balaban J connectivity index is 1.49. The largest absolute Gasteiger partial charge is 0.428 e. The molecule has 0 aromatic carbocycles. The van der Waals surface area contributed by atoms with E-state index in [0.717, 1.165) is 30.1 Å². The minimum atomic E-state index is -0.802. The molecule has 9 nitrogen and oxygen atoms in total. The number of aromatic nitrogens is 2. The molecule has 1 N–H and O–H groups in total. The van der Waals surface area contributed by atoms with Crippen LogP contribution >= 0.6 is 11.8 Å². The first-order valence-corrected chi connectivity index (χ1v) is 12.0. The van der Waals surface area contributed by atoms with Crippen molar-refractivity contribution in [2.75, 3.05) is 6.79 Å².